The van der Waals surface area contributed by atoms with Crippen LogP contribution in [-0.2, 0) is 10.4 Å². The molecule has 0 amide bonds. The second-order valence-corrected chi connectivity index (χ2v) is 5.81. The standard InChI is InChI=1S/C14H18N2OS.H2O4S/c18-11-9-15-8-3-10-17-14-7-6-12-4-1-2-5-13(12)16-14;1-5(2,3)4/h1-2,4-7,15,18H,3,8-11H2;(H2,1,2,3,4). The average Bonchev–Trinajstić information content (AvgIpc) is 2.49. The van der Waals surface area contributed by atoms with Crippen LogP contribution in [0.1, 0.15) is 6.42 Å². The first kappa shape index (κ1) is 19.7. The number of nitrogens with one attached hydrogen (secondary N) is 1. The SMILES string of the molecule is O=S(=O)(O)O.SCCNCCCOc1ccc2ccccc2n1. The average molecular weight is 360 g/mol. The highest BCUT2D eigenvalue weighted by atomic mass is 32.3. The Kier molecular flexibility index (Phi) is 8.89. The van der Waals surface area contributed by atoms with Crippen LogP contribution in [0, 0.1) is 0 Å². The molecule has 0 aliphatic heterocycles. The van der Waals surface area contributed by atoms with E-state index in [1.54, 1.807) is 0 Å². The van der Waals surface area contributed by atoms with Crippen molar-refractivity contribution in [3.05, 3.63) is 36.4 Å². The van der Waals surface area contributed by atoms with E-state index in [4.69, 9.17) is 22.3 Å². The normalized spacial score (nSPS) is 10.9. The van der Waals surface area contributed by atoms with Crippen LogP contribution in [0.3, 0.4) is 0 Å². The van der Waals surface area contributed by atoms with Crippen molar-refractivity contribution in [2.24, 2.45) is 0 Å². The minimum Gasteiger partial charge on any atom is -0.478 e. The molecule has 128 valence electrons. The summed E-state index contributed by atoms with van der Waals surface area (Å²) >= 11 is 4.13. The predicted molar refractivity (Wildman–Crippen MR) is 92.8 cm³/mol. The molecular formula is C14H20N2O5S2. The van der Waals surface area contributed by atoms with Gasteiger partial charge in [-0.2, -0.15) is 21.0 Å². The lowest BCUT2D eigenvalue weighted by molar-refractivity contribution is 0.298. The van der Waals surface area contributed by atoms with E-state index < -0.39 is 10.4 Å². The molecule has 1 aromatic heterocycles. The highest BCUT2D eigenvalue weighted by molar-refractivity contribution is 7.80. The molecule has 0 radical (unpaired) electrons. The van der Waals surface area contributed by atoms with E-state index in [9.17, 15) is 0 Å². The van der Waals surface area contributed by atoms with Crippen LogP contribution in [0.15, 0.2) is 36.4 Å². The second-order valence-electron chi connectivity index (χ2n) is 4.47. The third kappa shape index (κ3) is 10.1. The van der Waals surface area contributed by atoms with Gasteiger partial charge in [-0.05, 0) is 25.1 Å². The van der Waals surface area contributed by atoms with Gasteiger partial charge in [0.15, 0.2) is 0 Å². The fourth-order valence-electron chi connectivity index (χ4n) is 1.71. The summed E-state index contributed by atoms with van der Waals surface area (Å²) in [5.74, 6) is 1.57. The number of hydrogen-bond acceptors (Lipinski definition) is 6. The summed E-state index contributed by atoms with van der Waals surface area (Å²) in [6.07, 6.45) is 0.974. The molecule has 0 saturated heterocycles. The van der Waals surface area contributed by atoms with Crippen molar-refractivity contribution in [3.63, 3.8) is 0 Å². The van der Waals surface area contributed by atoms with Crippen LogP contribution < -0.4 is 10.1 Å². The van der Waals surface area contributed by atoms with E-state index in [0.29, 0.717) is 12.5 Å². The summed E-state index contributed by atoms with van der Waals surface area (Å²) in [5.41, 5.74) is 0.975. The highest BCUT2D eigenvalue weighted by Crippen LogP contribution is 2.15. The summed E-state index contributed by atoms with van der Waals surface area (Å²) in [6, 6.07) is 12.0. The van der Waals surface area contributed by atoms with E-state index in [0.717, 1.165) is 36.2 Å². The number of para-hydroxylation sites is 1. The van der Waals surface area contributed by atoms with Crippen LogP contribution >= 0.6 is 12.6 Å². The van der Waals surface area contributed by atoms with Gasteiger partial charge in [0, 0.05) is 23.8 Å². The number of thiol groups is 1. The van der Waals surface area contributed by atoms with Gasteiger partial charge in [0.25, 0.3) is 0 Å². The van der Waals surface area contributed by atoms with Crippen molar-refractivity contribution in [2.45, 2.75) is 6.42 Å². The fourth-order valence-corrected chi connectivity index (χ4v) is 1.86. The lowest BCUT2D eigenvalue weighted by atomic mass is 10.2. The molecule has 2 rings (SSSR count). The van der Waals surface area contributed by atoms with Gasteiger partial charge in [0.2, 0.25) is 5.88 Å². The van der Waals surface area contributed by atoms with Crippen LogP contribution in [-0.4, -0.2) is 48.0 Å². The number of hydrogen-bond donors (Lipinski definition) is 4. The molecule has 0 spiro atoms. The zero-order valence-electron chi connectivity index (χ0n) is 12.4. The molecule has 9 heteroatoms. The first-order chi connectivity index (χ1) is 10.9. The molecule has 3 N–H and O–H groups in total. The first-order valence-electron chi connectivity index (χ1n) is 6.90. The molecule has 1 heterocycles. The topological polar surface area (TPSA) is 109 Å². The highest BCUT2D eigenvalue weighted by Gasteiger charge is 1.98. The van der Waals surface area contributed by atoms with Gasteiger partial charge in [-0.1, -0.05) is 18.2 Å². The Balaban J connectivity index is 0.000000463. The minimum absolute atomic E-state index is 0.685. The van der Waals surface area contributed by atoms with Crippen molar-refractivity contribution in [3.8, 4) is 5.88 Å². The Morgan fingerprint density at radius 3 is 2.52 bits per heavy atom. The van der Waals surface area contributed by atoms with Crippen LogP contribution in [0.2, 0.25) is 0 Å². The largest absolute Gasteiger partial charge is 0.478 e. The maximum Gasteiger partial charge on any atom is 0.394 e. The van der Waals surface area contributed by atoms with E-state index in [1.165, 1.54) is 0 Å². The smallest absolute Gasteiger partial charge is 0.394 e. The maximum atomic E-state index is 8.74. The number of ether oxygens (including phenoxy) is 1. The van der Waals surface area contributed by atoms with E-state index in [-0.39, 0.29) is 0 Å². The van der Waals surface area contributed by atoms with Crippen molar-refractivity contribution >= 4 is 33.9 Å². The number of nitrogens with zero attached hydrogens (tertiary/aromatic N) is 1. The summed E-state index contributed by atoms with van der Waals surface area (Å²) in [4.78, 5) is 4.45. The van der Waals surface area contributed by atoms with Gasteiger partial charge >= 0.3 is 10.4 Å². The van der Waals surface area contributed by atoms with E-state index in [2.05, 4.69) is 22.9 Å². The lowest BCUT2D eigenvalue weighted by Gasteiger charge is -2.06. The number of fused-ring (bicyclic) bond motifs is 1. The Morgan fingerprint density at radius 1 is 1.13 bits per heavy atom. The molecule has 2 aromatic rings. The van der Waals surface area contributed by atoms with E-state index >= 15 is 0 Å². The Morgan fingerprint density at radius 2 is 1.83 bits per heavy atom. The zero-order valence-corrected chi connectivity index (χ0v) is 14.1. The molecule has 0 aliphatic rings. The fraction of sp³-hybridized carbons (Fsp3) is 0.357. The van der Waals surface area contributed by atoms with Crippen LogP contribution in [0.5, 0.6) is 5.88 Å². The summed E-state index contributed by atoms with van der Waals surface area (Å²) in [7, 11) is -4.67. The predicted octanol–water partition coefficient (Wildman–Crippen LogP) is 1.87. The van der Waals surface area contributed by atoms with Gasteiger partial charge in [-0.15, -0.1) is 0 Å². The quantitative estimate of drug-likeness (QED) is 0.339. The number of benzene rings is 1. The minimum atomic E-state index is -4.67. The molecule has 0 saturated carbocycles. The van der Waals surface area contributed by atoms with Crippen molar-refractivity contribution in [1.29, 1.82) is 0 Å². The summed E-state index contributed by atoms with van der Waals surface area (Å²) < 4.78 is 37.2. The summed E-state index contributed by atoms with van der Waals surface area (Å²) in [6.45, 7) is 2.58. The van der Waals surface area contributed by atoms with Gasteiger partial charge < -0.3 is 10.1 Å². The van der Waals surface area contributed by atoms with Gasteiger partial charge in [-0.3, -0.25) is 9.11 Å². The number of aromatic nitrogens is 1. The van der Waals surface area contributed by atoms with Crippen molar-refractivity contribution in [1.82, 2.24) is 10.3 Å². The third-order valence-corrected chi connectivity index (χ3v) is 2.83. The molecule has 1 aromatic carbocycles. The molecule has 0 aliphatic carbocycles. The zero-order chi connectivity index (χ0) is 17.1. The molecule has 0 fully saturated rings. The molecule has 7 nitrogen and oxygen atoms in total. The molecular weight excluding hydrogens is 340 g/mol. The monoisotopic (exact) mass is 360 g/mol. The Labute approximate surface area is 141 Å². The van der Waals surface area contributed by atoms with Gasteiger partial charge in [0.05, 0.1) is 12.1 Å². The van der Waals surface area contributed by atoms with Crippen LogP contribution in [0.4, 0.5) is 0 Å². The lowest BCUT2D eigenvalue weighted by Crippen LogP contribution is -2.19. The third-order valence-electron chi connectivity index (χ3n) is 2.61. The molecule has 0 unspecified atom stereocenters. The summed E-state index contributed by atoms with van der Waals surface area (Å²) in [5, 5.41) is 4.41. The second kappa shape index (κ2) is 10.4. The molecule has 23 heavy (non-hydrogen) atoms. The Bertz CT molecular complexity index is 686. The molecule has 0 atom stereocenters. The van der Waals surface area contributed by atoms with Crippen LogP contribution in [0.25, 0.3) is 10.9 Å². The Hall–Kier alpha value is -1.39. The maximum absolute atomic E-state index is 8.74. The first-order valence-corrected chi connectivity index (χ1v) is 8.93. The number of rotatable bonds is 7. The van der Waals surface area contributed by atoms with Crippen molar-refractivity contribution in [2.75, 3.05) is 25.4 Å². The number of pyridine rings is 1. The van der Waals surface area contributed by atoms with Gasteiger partial charge in [0.1, 0.15) is 0 Å². The molecule has 0 bridgehead atoms. The van der Waals surface area contributed by atoms with E-state index in [1.807, 2.05) is 36.4 Å². The van der Waals surface area contributed by atoms with Crippen molar-refractivity contribution < 1.29 is 22.3 Å². The van der Waals surface area contributed by atoms with Gasteiger partial charge in [-0.25, -0.2) is 4.98 Å².